The molecule has 1 aliphatic heterocycles. The van der Waals surface area contributed by atoms with E-state index in [1.54, 1.807) is 5.57 Å². The summed E-state index contributed by atoms with van der Waals surface area (Å²) in [4.78, 5) is 31.9. The maximum atomic E-state index is 13.9. The van der Waals surface area contributed by atoms with E-state index in [0.717, 1.165) is 45.4 Å². The van der Waals surface area contributed by atoms with E-state index in [-0.39, 0.29) is 39.1 Å². The van der Waals surface area contributed by atoms with Gasteiger partial charge in [-0.15, -0.1) is 0 Å². The quantitative estimate of drug-likeness (QED) is 0.360. The van der Waals surface area contributed by atoms with Gasteiger partial charge in [-0.25, -0.2) is 4.79 Å². The lowest BCUT2D eigenvalue weighted by Gasteiger charge is -2.72. The normalized spacial score (nSPS) is 44.7. The van der Waals surface area contributed by atoms with Crippen molar-refractivity contribution >= 4 is 11.8 Å². The molecule has 5 fully saturated rings. The molecule has 6 aliphatic rings. The molecule has 0 aromatic carbocycles. The third kappa shape index (κ3) is 4.46. The van der Waals surface area contributed by atoms with Crippen LogP contribution in [-0.2, 0) is 4.79 Å². The van der Waals surface area contributed by atoms with Crippen molar-refractivity contribution in [2.24, 2.45) is 50.7 Å². The number of ketones is 1. The van der Waals surface area contributed by atoms with Crippen LogP contribution in [0.4, 0.5) is 4.79 Å². The molecule has 242 valence electrons. The molecule has 0 radical (unpaired) electrons. The van der Waals surface area contributed by atoms with E-state index in [1.807, 2.05) is 0 Å². The average Bonchev–Trinajstić information content (AvgIpc) is 3.21. The molecule has 1 unspecified atom stereocenters. The van der Waals surface area contributed by atoms with Crippen LogP contribution in [0.2, 0.25) is 0 Å². The molecule has 5 aliphatic carbocycles. The molecule has 4 saturated carbocycles. The fourth-order valence-corrected chi connectivity index (χ4v) is 12.8. The number of allylic oxidation sites excluding steroid dienone is 2. The van der Waals surface area contributed by atoms with E-state index >= 15 is 0 Å². The molecule has 0 bridgehead atoms. The van der Waals surface area contributed by atoms with Crippen LogP contribution >= 0.6 is 0 Å². The monoisotopic (exact) mass is 593 g/mol. The van der Waals surface area contributed by atoms with E-state index in [1.165, 1.54) is 44.1 Å². The smallest absolute Gasteiger partial charge is 0.317 e. The minimum absolute atomic E-state index is 0.0636. The number of amides is 2. The Balaban J connectivity index is 1.33. The summed E-state index contributed by atoms with van der Waals surface area (Å²) < 4.78 is 0. The molecule has 43 heavy (non-hydrogen) atoms. The van der Waals surface area contributed by atoms with Crippen molar-refractivity contribution in [1.29, 1.82) is 0 Å². The lowest BCUT2D eigenvalue weighted by molar-refractivity contribution is -0.219. The standard InChI is InChI=1S/C38H63N3O2/c1-24(2)31-27(42)23-35(7)17-18-36(8)26(32(31)35)11-12-29-37(36,9)16-13-28-34(5,6)15-14-30(38(28,29)10)39-33(43)41-21-19-40(20-22-41)25(3)4/h24-26,28-30H,11-23H2,1-10H3,(H,39,43)/t26-,28+,29+,30?,35+,36-,37-,38+/m1/s1. The third-order valence-corrected chi connectivity index (χ3v) is 15.4. The van der Waals surface area contributed by atoms with Crippen LogP contribution in [0, 0.1) is 50.7 Å². The second kappa shape index (κ2) is 10.3. The summed E-state index contributed by atoms with van der Waals surface area (Å²) in [7, 11) is 0. The number of fused-ring (bicyclic) bond motifs is 7. The number of carbonyl (C=O) groups is 2. The Labute approximate surface area is 263 Å². The van der Waals surface area contributed by atoms with E-state index in [2.05, 4.69) is 84.4 Å². The zero-order chi connectivity index (χ0) is 31.3. The minimum atomic E-state index is 0.0636. The summed E-state index contributed by atoms with van der Waals surface area (Å²) in [5, 5.41) is 3.73. The summed E-state index contributed by atoms with van der Waals surface area (Å²) >= 11 is 0. The number of hydrogen-bond donors (Lipinski definition) is 1. The van der Waals surface area contributed by atoms with Crippen LogP contribution in [0.25, 0.3) is 0 Å². The first-order valence-electron chi connectivity index (χ1n) is 18.1. The first kappa shape index (κ1) is 31.6. The highest BCUT2D eigenvalue weighted by Gasteiger charge is 2.70. The molecule has 1 saturated heterocycles. The maximum absolute atomic E-state index is 13.9. The second-order valence-corrected chi connectivity index (χ2v) is 18.3. The zero-order valence-corrected chi connectivity index (χ0v) is 29.4. The van der Waals surface area contributed by atoms with Gasteiger partial charge in [0.1, 0.15) is 0 Å². The van der Waals surface area contributed by atoms with Crippen LogP contribution < -0.4 is 5.32 Å². The Hall–Kier alpha value is -1.36. The fraction of sp³-hybridized carbons (Fsp3) is 0.895. The molecule has 0 spiro atoms. The molecule has 0 aromatic heterocycles. The first-order chi connectivity index (χ1) is 20.0. The number of urea groups is 1. The van der Waals surface area contributed by atoms with Crippen LogP contribution in [-0.4, -0.2) is 59.9 Å². The zero-order valence-electron chi connectivity index (χ0n) is 29.4. The van der Waals surface area contributed by atoms with Crippen molar-refractivity contribution < 1.29 is 9.59 Å². The molecule has 5 heteroatoms. The van der Waals surface area contributed by atoms with Crippen molar-refractivity contribution in [3.8, 4) is 0 Å². The average molecular weight is 594 g/mol. The SMILES string of the molecule is CC(C)C1=C2[C@H]3CC[C@@H]4[C@@]5(C)C(NC(=O)N6CCN(C(C)C)CC6)CCC(C)(C)[C@@H]5CC[C@@]4(C)[C@]3(C)CC[C@@]2(C)CC1=O. The van der Waals surface area contributed by atoms with Crippen LogP contribution in [0.1, 0.15) is 127 Å². The van der Waals surface area contributed by atoms with Gasteiger partial charge in [-0.2, -0.15) is 0 Å². The molecular formula is C38H63N3O2. The van der Waals surface area contributed by atoms with Gasteiger partial charge in [0.2, 0.25) is 0 Å². The topological polar surface area (TPSA) is 52.7 Å². The number of carbonyl (C=O) groups excluding carboxylic acids is 2. The Morgan fingerprint density at radius 3 is 2.09 bits per heavy atom. The number of hydrogen-bond acceptors (Lipinski definition) is 3. The van der Waals surface area contributed by atoms with Gasteiger partial charge in [-0.05, 0) is 122 Å². The highest BCUT2D eigenvalue weighted by molar-refractivity contribution is 6.00. The van der Waals surface area contributed by atoms with Crippen LogP contribution in [0.15, 0.2) is 11.1 Å². The summed E-state index contributed by atoms with van der Waals surface area (Å²) in [5.74, 6) is 2.45. The number of Topliss-reactive ketones (excluding diaryl/α,β-unsaturated/α-hetero) is 1. The third-order valence-electron chi connectivity index (χ3n) is 15.4. The van der Waals surface area contributed by atoms with Gasteiger partial charge in [0.25, 0.3) is 0 Å². The lowest BCUT2D eigenvalue weighted by Crippen LogP contribution is -2.70. The van der Waals surface area contributed by atoms with Gasteiger partial charge in [0.15, 0.2) is 5.78 Å². The molecule has 0 aromatic rings. The van der Waals surface area contributed by atoms with Gasteiger partial charge >= 0.3 is 6.03 Å². The van der Waals surface area contributed by atoms with E-state index in [0.29, 0.717) is 35.5 Å². The Morgan fingerprint density at radius 1 is 0.791 bits per heavy atom. The van der Waals surface area contributed by atoms with Crippen LogP contribution in [0.3, 0.4) is 0 Å². The maximum Gasteiger partial charge on any atom is 0.317 e. The molecule has 1 heterocycles. The number of nitrogens with zero attached hydrogens (tertiary/aromatic N) is 2. The van der Waals surface area contributed by atoms with Gasteiger partial charge < -0.3 is 10.2 Å². The van der Waals surface area contributed by atoms with E-state index in [9.17, 15) is 9.59 Å². The highest BCUT2D eigenvalue weighted by atomic mass is 16.2. The van der Waals surface area contributed by atoms with Crippen molar-refractivity contribution in [1.82, 2.24) is 15.1 Å². The molecular weight excluding hydrogens is 530 g/mol. The van der Waals surface area contributed by atoms with Gasteiger partial charge in [-0.1, -0.05) is 61.0 Å². The Kier molecular flexibility index (Phi) is 7.59. The lowest BCUT2D eigenvalue weighted by atomic mass is 9.32. The summed E-state index contributed by atoms with van der Waals surface area (Å²) in [6.07, 6.45) is 10.3. The fourth-order valence-electron chi connectivity index (χ4n) is 12.8. The summed E-state index contributed by atoms with van der Waals surface area (Å²) in [5.41, 5.74) is 3.57. The van der Waals surface area contributed by atoms with Crippen molar-refractivity contribution in [2.45, 2.75) is 139 Å². The van der Waals surface area contributed by atoms with Crippen molar-refractivity contribution in [2.75, 3.05) is 26.2 Å². The second-order valence-electron chi connectivity index (χ2n) is 18.3. The predicted molar refractivity (Wildman–Crippen MR) is 176 cm³/mol. The number of piperazine rings is 1. The highest BCUT2D eigenvalue weighted by Crippen LogP contribution is 2.76. The molecule has 6 rings (SSSR count). The number of nitrogens with one attached hydrogen (secondary N) is 1. The van der Waals surface area contributed by atoms with E-state index in [4.69, 9.17) is 0 Å². The van der Waals surface area contributed by atoms with E-state index < -0.39 is 0 Å². The molecule has 8 atom stereocenters. The number of rotatable bonds is 3. The first-order valence-corrected chi connectivity index (χ1v) is 18.1. The predicted octanol–water partition coefficient (Wildman–Crippen LogP) is 8.09. The molecule has 1 N–H and O–H groups in total. The summed E-state index contributed by atoms with van der Waals surface area (Å²) in [6.45, 7) is 28.0. The van der Waals surface area contributed by atoms with Gasteiger partial charge in [-0.3, -0.25) is 9.69 Å². The Bertz CT molecular complexity index is 1180. The van der Waals surface area contributed by atoms with Crippen molar-refractivity contribution in [3.63, 3.8) is 0 Å². The Morgan fingerprint density at radius 2 is 1.47 bits per heavy atom. The van der Waals surface area contributed by atoms with Gasteiger partial charge in [0.05, 0.1) is 0 Å². The van der Waals surface area contributed by atoms with Gasteiger partial charge in [0, 0.05) is 44.7 Å². The van der Waals surface area contributed by atoms with Crippen LogP contribution in [0.5, 0.6) is 0 Å². The molecule has 5 nitrogen and oxygen atoms in total. The minimum Gasteiger partial charge on any atom is -0.335 e. The largest absolute Gasteiger partial charge is 0.335 e. The van der Waals surface area contributed by atoms with Crippen molar-refractivity contribution in [3.05, 3.63) is 11.1 Å². The molecule has 2 amide bonds. The summed E-state index contributed by atoms with van der Waals surface area (Å²) in [6, 6.07) is 0.928.